The van der Waals surface area contributed by atoms with Gasteiger partial charge in [-0.2, -0.15) is 0 Å². The highest BCUT2D eigenvalue weighted by atomic mass is 32.2. The summed E-state index contributed by atoms with van der Waals surface area (Å²) in [6, 6.07) is 5.34. The fourth-order valence-corrected chi connectivity index (χ4v) is 4.33. The molecule has 1 saturated heterocycles. The predicted molar refractivity (Wildman–Crippen MR) is 100 cm³/mol. The van der Waals surface area contributed by atoms with Gasteiger partial charge in [-0.3, -0.25) is 9.59 Å². The van der Waals surface area contributed by atoms with Crippen molar-refractivity contribution in [3.8, 4) is 0 Å². The van der Waals surface area contributed by atoms with Crippen molar-refractivity contribution < 1.29 is 19.1 Å². The number of fused-ring (bicyclic) bond motifs is 1. The Morgan fingerprint density at radius 3 is 3.00 bits per heavy atom. The molecule has 1 N–H and O–H groups in total. The highest BCUT2D eigenvalue weighted by Crippen LogP contribution is 2.31. The minimum Gasteiger partial charge on any atom is -0.452 e. The molecule has 3 rings (SSSR count). The minimum absolute atomic E-state index is 0.0624. The summed E-state index contributed by atoms with van der Waals surface area (Å²) in [5.74, 6) is -0.0307. The van der Waals surface area contributed by atoms with Crippen LogP contribution in [0.5, 0.6) is 0 Å². The Hall–Kier alpha value is -2.02. The van der Waals surface area contributed by atoms with Crippen molar-refractivity contribution in [1.29, 1.82) is 0 Å². The number of hydrogen-bond donors (Lipinski definition) is 1. The van der Waals surface area contributed by atoms with E-state index in [-0.39, 0.29) is 24.5 Å². The van der Waals surface area contributed by atoms with Gasteiger partial charge in [-0.1, -0.05) is 6.92 Å². The highest BCUT2D eigenvalue weighted by molar-refractivity contribution is 7.99. The molecule has 2 amide bonds. The van der Waals surface area contributed by atoms with Crippen LogP contribution < -0.4 is 5.32 Å². The number of benzene rings is 1. The quantitative estimate of drug-likeness (QED) is 0.818. The molecular formula is C19H24N2O4S. The van der Waals surface area contributed by atoms with Gasteiger partial charge in [0.2, 0.25) is 5.91 Å². The van der Waals surface area contributed by atoms with Gasteiger partial charge in [0.15, 0.2) is 6.61 Å². The summed E-state index contributed by atoms with van der Waals surface area (Å²) in [5.41, 5.74) is 0.963. The predicted octanol–water partition coefficient (Wildman–Crippen LogP) is 3.07. The van der Waals surface area contributed by atoms with Gasteiger partial charge < -0.3 is 15.0 Å². The number of likely N-dealkylation sites (tertiary alicyclic amines) is 1. The van der Waals surface area contributed by atoms with E-state index in [1.807, 2.05) is 11.0 Å². The van der Waals surface area contributed by atoms with Gasteiger partial charge in [0.1, 0.15) is 0 Å². The maximum absolute atomic E-state index is 12.4. The Bertz CT molecular complexity index is 707. The summed E-state index contributed by atoms with van der Waals surface area (Å²) < 4.78 is 5.24. The number of carbonyl (C=O) groups excluding carboxylic acids is 3. The normalized spacial score (nSPS) is 20.0. The van der Waals surface area contributed by atoms with Crippen molar-refractivity contribution in [2.75, 3.05) is 24.2 Å². The zero-order valence-corrected chi connectivity index (χ0v) is 15.8. The smallest absolute Gasteiger partial charge is 0.338 e. The van der Waals surface area contributed by atoms with Crippen LogP contribution in [0, 0.1) is 0 Å². The van der Waals surface area contributed by atoms with E-state index in [2.05, 4.69) is 12.2 Å². The number of piperidine rings is 1. The van der Waals surface area contributed by atoms with Gasteiger partial charge >= 0.3 is 5.97 Å². The highest BCUT2D eigenvalue weighted by Gasteiger charge is 2.26. The molecule has 0 bridgehead atoms. The van der Waals surface area contributed by atoms with E-state index in [0.29, 0.717) is 23.4 Å². The zero-order chi connectivity index (χ0) is 18.5. The molecule has 0 spiro atoms. The van der Waals surface area contributed by atoms with E-state index in [0.717, 1.165) is 37.1 Å². The fourth-order valence-electron chi connectivity index (χ4n) is 3.39. The van der Waals surface area contributed by atoms with Crippen LogP contribution in [0.4, 0.5) is 5.69 Å². The number of carbonyl (C=O) groups is 3. The second-order valence-electron chi connectivity index (χ2n) is 6.58. The van der Waals surface area contributed by atoms with Crippen LogP contribution in [0.1, 0.15) is 49.4 Å². The lowest BCUT2D eigenvalue weighted by Gasteiger charge is -2.35. The number of rotatable bonds is 4. The van der Waals surface area contributed by atoms with Crippen LogP contribution in [0.15, 0.2) is 23.1 Å². The Morgan fingerprint density at radius 2 is 2.19 bits per heavy atom. The van der Waals surface area contributed by atoms with Crippen molar-refractivity contribution in [2.24, 2.45) is 0 Å². The molecule has 1 aromatic carbocycles. The summed E-state index contributed by atoms with van der Waals surface area (Å²) in [5, 5.41) is 2.80. The Balaban J connectivity index is 1.61. The number of anilines is 1. The summed E-state index contributed by atoms with van der Waals surface area (Å²) >= 11 is 1.58. The van der Waals surface area contributed by atoms with Crippen LogP contribution in [0.3, 0.4) is 0 Å². The van der Waals surface area contributed by atoms with Crippen molar-refractivity contribution in [1.82, 2.24) is 4.90 Å². The summed E-state index contributed by atoms with van der Waals surface area (Å²) in [4.78, 5) is 39.2. The lowest BCUT2D eigenvalue weighted by Crippen LogP contribution is -2.45. The molecule has 0 radical (unpaired) electrons. The second kappa shape index (κ2) is 8.58. The Morgan fingerprint density at radius 1 is 1.35 bits per heavy atom. The maximum atomic E-state index is 12.4. The number of thioether (sulfide) groups is 1. The summed E-state index contributed by atoms with van der Waals surface area (Å²) in [7, 11) is 0. The van der Waals surface area contributed by atoms with Crippen LogP contribution in [0.25, 0.3) is 0 Å². The van der Waals surface area contributed by atoms with E-state index >= 15 is 0 Å². The third kappa shape index (κ3) is 4.38. The molecule has 0 aromatic heterocycles. The number of ether oxygens (including phenoxy) is 1. The topological polar surface area (TPSA) is 75.7 Å². The molecule has 0 saturated carbocycles. The molecule has 0 aliphatic carbocycles. The molecule has 2 aliphatic rings. The summed E-state index contributed by atoms with van der Waals surface area (Å²) in [6.07, 6.45) is 4.52. The fraction of sp³-hybridized carbons (Fsp3) is 0.526. The number of amides is 2. The molecule has 7 heteroatoms. The van der Waals surface area contributed by atoms with E-state index in [4.69, 9.17) is 4.74 Å². The third-order valence-electron chi connectivity index (χ3n) is 4.82. The van der Waals surface area contributed by atoms with Crippen molar-refractivity contribution in [3.05, 3.63) is 23.8 Å². The van der Waals surface area contributed by atoms with Crippen molar-refractivity contribution >= 4 is 35.2 Å². The van der Waals surface area contributed by atoms with Crippen LogP contribution in [-0.4, -0.2) is 47.6 Å². The molecule has 1 atom stereocenters. The first-order chi connectivity index (χ1) is 12.6. The molecule has 1 fully saturated rings. The average molecular weight is 376 g/mol. The maximum Gasteiger partial charge on any atom is 0.338 e. The molecule has 2 aliphatic heterocycles. The van der Waals surface area contributed by atoms with Crippen LogP contribution in [0.2, 0.25) is 0 Å². The molecular weight excluding hydrogens is 352 g/mol. The van der Waals surface area contributed by atoms with E-state index in [1.165, 1.54) is 0 Å². The van der Waals surface area contributed by atoms with Gasteiger partial charge in [0.25, 0.3) is 5.91 Å². The first kappa shape index (κ1) is 18.8. The minimum atomic E-state index is -0.547. The first-order valence-corrected chi connectivity index (χ1v) is 10.1. The number of nitrogens with zero attached hydrogens (tertiary/aromatic N) is 1. The molecule has 140 valence electrons. The molecule has 2 heterocycles. The first-order valence-electron chi connectivity index (χ1n) is 9.11. The monoisotopic (exact) mass is 376 g/mol. The number of nitrogens with one attached hydrogen (secondary N) is 1. The molecule has 0 unspecified atom stereocenters. The van der Waals surface area contributed by atoms with Gasteiger partial charge in [-0.05, 0) is 43.9 Å². The number of hydrogen-bond acceptors (Lipinski definition) is 5. The van der Waals surface area contributed by atoms with E-state index in [9.17, 15) is 14.4 Å². The molecule has 6 nitrogen and oxygen atoms in total. The van der Waals surface area contributed by atoms with E-state index in [1.54, 1.807) is 23.9 Å². The Labute approximate surface area is 157 Å². The van der Waals surface area contributed by atoms with Gasteiger partial charge in [-0.15, -0.1) is 11.8 Å². The lowest BCUT2D eigenvalue weighted by molar-refractivity contribution is -0.138. The average Bonchev–Trinajstić information content (AvgIpc) is 2.85. The SMILES string of the molecule is CC[C@@H]1CCCCN1C(=O)COC(=O)c1ccc2c(c1)NC(=O)CCS2. The van der Waals surface area contributed by atoms with E-state index < -0.39 is 5.97 Å². The van der Waals surface area contributed by atoms with Gasteiger partial charge in [0, 0.05) is 29.7 Å². The van der Waals surface area contributed by atoms with Gasteiger partial charge in [-0.25, -0.2) is 4.79 Å². The standard InChI is InChI=1S/C19H24N2O4S/c1-2-14-5-3-4-9-21(14)18(23)12-25-19(24)13-6-7-16-15(11-13)20-17(22)8-10-26-16/h6-7,11,14H,2-5,8-10,12H2,1H3,(H,20,22)/t14-/m1/s1. The van der Waals surface area contributed by atoms with Crippen molar-refractivity contribution in [3.63, 3.8) is 0 Å². The lowest BCUT2D eigenvalue weighted by atomic mass is 10.00. The van der Waals surface area contributed by atoms with Crippen molar-refractivity contribution in [2.45, 2.75) is 50.0 Å². The molecule has 1 aromatic rings. The second-order valence-corrected chi connectivity index (χ2v) is 7.72. The molecule has 26 heavy (non-hydrogen) atoms. The van der Waals surface area contributed by atoms with Crippen LogP contribution in [-0.2, 0) is 14.3 Å². The van der Waals surface area contributed by atoms with Gasteiger partial charge in [0.05, 0.1) is 11.3 Å². The Kier molecular flexibility index (Phi) is 6.19. The van der Waals surface area contributed by atoms with Crippen LogP contribution >= 0.6 is 11.8 Å². The largest absolute Gasteiger partial charge is 0.452 e. The third-order valence-corrected chi connectivity index (χ3v) is 5.90. The summed E-state index contributed by atoms with van der Waals surface area (Å²) in [6.45, 7) is 2.56. The zero-order valence-electron chi connectivity index (χ0n) is 15.0. The number of esters is 1.